The number of halogens is 1. The van der Waals surface area contributed by atoms with Crippen LogP contribution in [0.2, 0.25) is 0 Å². The van der Waals surface area contributed by atoms with E-state index in [9.17, 15) is 0 Å². The number of nitrogens with two attached hydrogens (primary N) is 1. The molecule has 0 aliphatic heterocycles. The lowest BCUT2D eigenvalue weighted by molar-refractivity contribution is 0.415. The Bertz CT molecular complexity index is 623. The number of methoxy groups -OCH3 is 1. The summed E-state index contributed by atoms with van der Waals surface area (Å²) in [5, 5.41) is 4.15. The van der Waals surface area contributed by atoms with Gasteiger partial charge in [0.05, 0.1) is 17.8 Å². The van der Waals surface area contributed by atoms with Crippen molar-refractivity contribution in [1.29, 1.82) is 0 Å². The Labute approximate surface area is 152 Å². The average Bonchev–Trinajstić information content (AvgIpc) is 2.78. The van der Waals surface area contributed by atoms with Crippen LogP contribution < -0.4 is 15.8 Å². The summed E-state index contributed by atoms with van der Waals surface area (Å²) in [7, 11) is 1.63. The largest absolute Gasteiger partial charge is 0.497 e. The first-order valence-electron chi connectivity index (χ1n) is 6.72. The van der Waals surface area contributed by atoms with Gasteiger partial charge in [-0.1, -0.05) is 6.07 Å². The number of anilines is 1. The fraction of sp³-hybridized carbons (Fsp3) is 0.333. The normalized spacial score (nSPS) is 11.0. The van der Waals surface area contributed by atoms with E-state index in [0.29, 0.717) is 12.5 Å². The summed E-state index contributed by atoms with van der Waals surface area (Å²) in [5.41, 5.74) is 7.83. The Hall–Kier alpha value is -1.35. The molecule has 0 spiro atoms. The van der Waals surface area contributed by atoms with Crippen molar-refractivity contribution in [2.45, 2.75) is 20.3 Å². The molecule has 0 atom stereocenters. The fourth-order valence-corrected chi connectivity index (χ4v) is 2.73. The van der Waals surface area contributed by atoms with Gasteiger partial charge in [-0.05, 0) is 26.0 Å². The molecule has 0 amide bonds. The van der Waals surface area contributed by atoms with E-state index in [4.69, 9.17) is 10.5 Å². The van der Waals surface area contributed by atoms with Gasteiger partial charge in [-0.25, -0.2) is 4.98 Å². The van der Waals surface area contributed by atoms with Crippen molar-refractivity contribution in [3.63, 3.8) is 0 Å². The maximum absolute atomic E-state index is 5.88. The molecule has 3 N–H and O–H groups in total. The zero-order valence-electron chi connectivity index (χ0n) is 12.9. The van der Waals surface area contributed by atoms with Gasteiger partial charge in [0.1, 0.15) is 5.75 Å². The highest BCUT2D eigenvalue weighted by atomic mass is 127. The third kappa shape index (κ3) is 5.45. The van der Waals surface area contributed by atoms with Gasteiger partial charge in [0.25, 0.3) is 0 Å². The smallest absolute Gasteiger partial charge is 0.193 e. The highest BCUT2D eigenvalue weighted by Crippen LogP contribution is 2.17. The summed E-state index contributed by atoms with van der Waals surface area (Å²) < 4.78 is 5.16. The molecule has 0 fully saturated rings. The molecule has 0 saturated heterocycles. The lowest BCUT2D eigenvalue weighted by Gasteiger charge is -2.07. The minimum atomic E-state index is 0. The Morgan fingerprint density at radius 1 is 1.41 bits per heavy atom. The molecule has 0 radical (unpaired) electrons. The van der Waals surface area contributed by atoms with E-state index in [1.807, 2.05) is 31.2 Å². The molecule has 1 heterocycles. The minimum absolute atomic E-state index is 0. The van der Waals surface area contributed by atoms with Gasteiger partial charge in [0.2, 0.25) is 0 Å². The number of nitrogens with zero attached hydrogens (tertiary/aromatic N) is 2. The molecule has 0 unspecified atom stereocenters. The SMILES string of the molecule is COc1cccc(NC(N)=NCCc2nc(C)c(C)s2)c1.I. The Morgan fingerprint density at radius 3 is 2.82 bits per heavy atom. The van der Waals surface area contributed by atoms with Gasteiger partial charge in [0.15, 0.2) is 5.96 Å². The molecule has 0 aliphatic carbocycles. The van der Waals surface area contributed by atoms with Crippen LogP contribution in [0.4, 0.5) is 5.69 Å². The molecule has 2 aromatic rings. The number of hydrogen-bond donors (Lipinski definition) is 2. The highest BCUT2D eigenvalue weighted by Gasteiger charge is 2.03. The van der Waals surface area contributed by atoms with Crippen molar-refractivity contribution in [1.82, 2.24) is 4.98 Å². The first kappa shape index (κ1) is 18.7. The summed E-state index contributed by atoms with van der Waals surface area (Å²) in [4.78, 5) is 10.1. The summed E-state index contributed by atoms with van der Waals surface area (Å²) in [6.07, 6.45) is 0.805. The second-order valence-electron chi connectivity index (χ2n) is 4.62. The number of rotatable bonds is 5. The van der Waals surface area contributed by atoms with Crippen LogP contribution >= 0.6 is 35.3 Å². The third-order valence-corrected chi connectivity index (χ3v) is 4.16. The van der Waals surface area contributed by atoms with E-state index in [1.165, 1.54) is 4.88 Å². The average molecular weight is 432 g/mol. The number of nitrogens with one attached hydrogen (secondary N) is 1. The van der Waals surface area contributed by atoms with Crippen LogP contribution in [0.3, 0.4) is 0 Å². The number of hydrogen-bond acceptors (Lipinski definition) is 4. The number of ether oxygens (including phenoxy) is 1. The first-order valence-corrected chi connectivity index (χ1v) is 7.54. The standard InChI is InChI=1S/C15H20N4OS.HI/c1-10-11(2)21-14(18-10)7-8-17-15(16)19-12-5-4-6-13(9-12)20-3;/h4-6,9H,7-8H2,1-3H3,(H3,16,17,19);1H. The molecule has 0 saturated carbocycles. The van der Waals surface area contributed by atoms with Gasteiger partial charge in [0, 0.05) is 29.6 Å². The molecular weight excluding hydrogens is 411 g/mol. The summed E-state index contributed by atoms with van der Waals surface area (Å²) in [5.74, 6) is 1.18. The van der Waals surface area contributed by atoms with E-state index < -0.39 is 0 Å². The third-order valence-electron chi connectivity index (χ3n) is 3.02. The second kappa shape index (κ2) is 8.94. The van der Waals surface area contributed by atoms with Crippen molar-refractivity contribution in [2.24, 2.45) is 10.7 Å². The number of aryl methyl sites for hydroxylation is 2. The molecular formula is C15H21IN4OS. The van der Waals surface area contributed by atoms with E-state index >= 15 is 0 Å². The zero-order chi connectivity index (χ0) is 15.2. The lowest BCUT2D eigenvalue weighted by atomic mass is 10.3. The minimum Gasteiger partial charge on any atom is -0.497 e. The Kier molecular flexibility index (Phi) is 7.60. The van der Waals surface area contributed by atoms with Crippen molar-refractivity contribution >= 4 is 47.0 Å². The lowest BCUT2D eigenvalue weighted by Crippen LogP contribution is -2.23. The number of guanidine groups is 1. The van der Waals surface area contributed by atoms with E-state index in [-0.39, 0.29) is 24.0 Å². The van der Waals surface area contributed by atoms with Crippen LogP contribution in [-0.2, 0) is 6.42 Å². The van der Waals surface area contributed by atoms with E-state index in [0.717, 1.165) is 28.6 Å². The van der Waals surface area contributed by atoms with Gasteiger partial charge >= 0.3 is 0 Å². The van der Waals surface area contributed by atoms with Crippen LogP contribution in [0.15, 0.2) is 29.3 Å². The molecule has 22 heavy (non-hydrogen) atoms. The summed E-state index contributed by atoms with van der Waals surface area (Å²) in [6, 6.07) is 7.57. The first-order chi connectivity index (χ1) is 10.1. The molecule has 5 nitrogen and oxygen atoms in total. The van der Waals surface area contributed by atoms with Crippen molar-refractivity contribution in [2.75, 3.05) is 19.0 Å². The molecule has 2 rings (SSSR count). The van der Waals surface area contributed by atoms with Crippen molar-refractivity contribution in [3.05, 3.63) is 39.8 Å². The number of benzene rings is 1. The zero-order valence-corrected chi connectivity index (χ0v) is 16.1. The quantitative estimate of drug-likeness (QED) is 0.432. The van der Waals surface area contributed by atoms with E-state index in [1.54, 1.807) is 18.4 Å². The highest BCUT2D eigenvalue weighted by molar-refractivity contribution is 14.0. The van der Waals surface area contributed by atoms with Crippen LogP contribution in [-0.4, -0.2) is 24.6 Å². The van der Waals surface area contributed by atoms with Gasteiger partial charge in [-0.3, -0.25) is 4.99 Å². The number of aromatic nitrogens is 1. The number of thiazole rings is 1. The molecule has 1 aromatic heterocycles. The van der Waals surface area contributed by atoms with E-state index in [2.05, 4.69) is 22.2 Å². The maximum Gasteiger partial charge on any atom is 0.193 e. The Morgan fingerprint density at radius 2 is 2.18 bits per heavy atom. The fourth-order valence-electron chi connectivity index (χ4n) is 1.81. The van der Waals surface area contributed by atoms with Crippen molar-refractivity contribution < 1.29 is 4.74 Å². The van der Waals surface area contributed by atoms with Crippen LogP contribution in [0.5, 0.6) is 5.75 Å². The molecule has 0 bridgehead atoms. The molecule has 1 aromatic carbocycles. The van der Waals surface area contributed by atoms with Crippen molar-refractivity contribution in [3.8, 4) is 5.75 Å². The van der Waals surface area contributed by atoms with Gasteiger partial charge in [-0.2, -0.15) is 0 Å². The molecule has 0 aliphatic rings. The topological polar surface area (TPSA) is 72.5 Å². The summed E-state index contributed by atoms with van der Waals surface area (Å²) in [6.45, 7) is 4.73. The van der Waals surface area contributed by atoms with Gasteiger partial charge < -0.3 is 15.8 Å². The van der Waals surface area contributed by atoms with Crippen LogP contribution in [0.25, 0.3) is 0 Å². The van der Waals surface area contributed by atoms with Crippen LogP contribution in [0, 0.1) is 13.8 Å². The Balaban J connectivity index is 0.00000242. The second-order valence-corrected chi connectivity index (χ2v) is 5.91. The predicted molar refractivity (Wildman–Crippen MR) is 104 cm³/mol. The number of aliphatic imine (C=N–C) groups is 1. The maximum atomic E-state index is 5.88. The monoisotopic (exact) mass is 432 g/mol. The summed E-state index contributed by atoms with van der Waals surface area (Å²) >= 11 is 1.72. The molecule has 120 valence electrons. The molecule has 7 heteroatoms. The van der Waals surface area contributed by atoms with Crippen LogP contribution in [0.1, 0.15) is 15.6 Å². The van der Waals surface area contributed by atoms with Gasteiger partial charge in [-0.15, -0.1) is 35.3 Å². The predicted octanol–water partition coefficient (Wildman–Crippen LogP) is 3.36.